The molecule has 6 rings (SSSR count). The highest BCUT2D eigenvalue weighted by atomic mass is 32.1. The molecule has 11 nitrogen and oxygen atoms in total. The first-order valence-corrected chi connectivity index (χ1v) is 17.7. The molecule has 12 heteroatoms. The van der Waals surface area contributed by atoms with E-state index in [2.05, 4.69) is 0 Å². The second kappa shape index (κ2) is 13.2. The van der Waals surface area contributed by atoms with E-state index in [-0.39, 0.29) is 62.7 Å². The summed E-state index contributed by atoms with van der Waals surface area (Å²) in [5, 5.41) is 25.5. The van der Waals surface area contributed by atoms with Crippen molar-refractivity contribution in [3.63, 3.8) is 0 Å². The van der Waals surface area contributed by atoms with Crippen LogP contribution in [0.25, 0.3) is 0 Å². The number of hydrogen-bond donors (Lipinski definition) is 3. The van der Waals surface area contributed by atoms with Crippen LogP contribution < -0.4 is 5.73 Å². The van der Waals surface area contributed by atoms with E-state index in [1.165, 1.54) is 0 Å². The monoisotopic (exact) mass is 675 g/mol. The second-order valence-electron chi connectivity index (χ2n) is 14.3. The average Bonchev–Trinajstić information content (AvgIpc) is 3.72. The highest BCUT2D eigenvalue weighted by Gasteiger charge is 2.85. The summed E-state index contributed by atoms with van der Waals surface area (Å²) in [5.41, 5.74) is 1.35. The number of nitrogens with two attached hydrogens (primary N) is 1. The third kappa shape index (κ3) is 5.82. The SMILES string of the molecule is CCC(=O)OC1C(=O)[C@]2(C)C(O)CC(C)OCC23CC2(O)C[C@H](OC(=O)CCc4cccs4)C(C)=C1[C@@]23C.NC(=O)OC1CCCC1. The predicted molar refractivity (Wildman–Crippen MR) is 172 cm³/mol. The van der Waals surface area contributed by atoms with E-state index in [4.69, 9.17) is 24.7 Å². The Morgan fingerprint density at radius 2 is 1.83 bits per heavy atom. The number of hydrogen-bond acceptors (Lipinski definition) is 11. The molecule has 0 radical (unpaired) electrons. The number of carbonyl (C=O) groups excluding carboxylic acids is 4. The van der Waals surface area contributed by atoms with Crippen LogP contribution in [0.15, 0.2) is 28.7 Å². The summed E-state index contributed by atoms with van der Waals surface area (Å²) in [5.74, 6) is -1.32. The van der Waals surface area contributed by atoms with Crippen molar-refractivity contribution in [3.05, 3.63) is 33.5 Å². The Hall–Kier alpha value is -2.80. The fourth-order valence-electron chi connectivity index (χ4n) is 9.07. The number of rotatable bonds is 7. The van der Waals surface area contributed by atoms with Gasteiger partial charge in [-0.15, -0.1) is 11.3 Å². The van der Waals surface area contributed by atoms with Gasteiger partial charge in [0.15, 0.2) is 11.9 Å². The van der Waals surface area contributed by atoms with Crippen LogP contribution in [0.2, 0.25) is 0 Å². The molecule has 1 saturated heterocycles. The number of ether oxygens (including phenoxy) is 4. The topological polar surface area (TPSA) is 172 Å². The molecular formula is C35H49NO10S. The molecule has 4 fully saturated rings. The molecule has 4 aliphatic carbocycles. The molecule has 1 amide bonds. The highest BCUT2D eigenvalue weighted by Crippen LogP contribution is 2.80. The molecule has 5 aliphatic rings. The van der Waals surface area contributed by atoms with Gasteiger partial charge >= 0.3 is 18.0 Å². The predicted octanol–water partition coefficient (Wildman–Crippen LogP) is 4.55. The van der Waals surface area contributed by atoms with E-state index in [0.717, 1.165) is 30.6 Å². The average molecular weight is 676 g/mol. The molecule has 1 spiro atoms. The lowest BCUT2D eigenvalue weighted by molar-refractivity contribution is -0.324. The Kier molecular flexibility index (Phi) is 10.0. The third-order valence-electron chi connectivity index (χ3n) is 11.8. The number of carbonyl (C=O) groups is 4. The molecule has 0 aromatic carbocycles. The van der Waals surface area contributed by atoms with Crippen molar-refractivity contribution < 1.29 is 48.3 Å². The first kappa shape index (κ1) is 35.5. The molecule has 1 aromatic rings. The van der Waals surface area contributed by atoms with Crippen LogP contribution in [0.1, 0.15) is 97.3 Å². The van der Waals surface area contributed by atoms with Gasteiger partial charge in [0.1, 0.15) is 12.2 Å². The maximum atomic E-state index is 14.3. The van der Waals surface area contributed by atoms with Gasteiger partial charge in [-0.2, -0.15) is 0 Å². The number of primary amides is 1. The minimum absolute atomic E-state index is 0.0722. The molecule has 1 aliphatic heterocycles. The summed E-state index contributed by atoms with van der Waals surface area (Å²) in [6, 6.07) is 3.90. The van der Waals surface area contributed by atoms with Crippen LogP contribution in [0.4, 0.5) is 4.79 Å². The van der Waals surface area contributed by atoms with Crippen molar-refractivity contribution in [3.8, 4) is 0 Å². The standard InChI is InChI=1S/C29H38O8S.C6H11NO2/c1-6-21(31)37-24-23-17(3)19(36-22(32)10-9-18-8-7-11-38-18)13-29(34)14-28(27(23,29)5)15-35-16(2)12-20(30)26(28,4)25(24)33;7-6(8)9-5-3-1-2-4-5/h7-8,11,16,19-20,24,30,34H,6,9-10,12-15H2,1-5H3;5H,1-4H2,(H2,7,8)/t16?,19-,20?,24?,26-,27+,28?,29?;/m0./s1. The van der Waals surface area contributed by atoms with E-state index in [0.29, 0.717) is 17.6 Å². The Labute approximate surface area is 280 Å². The van der Waals surface area contributed by atoms with Crippen molar-refractivity contribution in [1.82, 2.24) is 0 Å². The van der Waals surface area contributed by atoms with Gasteiger partial charge in [-0.05, 0) is 81.9 Å². The lowest BCUT2D eigenvalue weighted by Crippen LogP contribution is -2.84. The fraction of sp³-hybridized carbons (Fsp3) is 0.714. The minimum atomic E-state index is -1.34. The molecule has 47 heavy (non-hydrogen) atoms. The van der Waals surface area contributed by atoms with Gasteiger partial charge in [-0.3, -0.25) is 14.4 Å². The Bertz CT molecular complexity index is 1400. The molecule has 2 heterocycles. The van der Waals surface area contributed by atoms with Crippen molar-refractivity contribution in [2.45, 2.75) is 135 Å². The van der Waals surface area contributed by atoms with E-state index < -0.39 is 52.2 Å². The summed E-state index contributed by atoms with van der Waals surface area (Å²) in [4.78, 5) is 51.0. The van der Waals surface area contributed by atoms with Crippen LogP contribution in [0.5, 0.6) is 0 Å². The smallest absolute Gasteiger partial charge is 0.404 e. The number of ketones is 1. The van der Waals surface area contributed by atoms with Gasteiger partial charge in [0.2, 0.25) is 0 Å². The van der Waals surface area contributed by atoms with E-state index in [1.807, 2.05) is 31.4 Å². The Morgan fingerprint density at radius 3 is 2.45 bits per heavy atom. The Morgan fingerprint density at radius 1 is 1.13 bits per heavy atom. The first-order valence-electron chi connectivity index (χ1n) is 16.8. The van der Waals surface area contributed by atoms with Gasteiger partial charge in [-0.1, -0.05) is 19.9 Å². The normalized spacial score (nSPS) is 37.7. The number of esters is 2. The van der Waals surface area contributed by atoms with Gasteiger partial charge in [0.05, 0.1) is 36.3 Å². The van der Waals surface area contributed by atoms with Crippen molar-refractivity contribution in [2.24, 2.45) is 22.0 Å². The Balaban J connectivity index is 0.000000417. The van der Waals surface area contributed by atoms with E-state index in [9.17, 15) is 29.4 Å². The highest BCUT2D eigenvalue weighted by molar-refractivity contribution is 7.09. The summed E-state index contributed by atoms with van der Waals surface area (Å²) in [7, 11) is 0. The van der Waals surface area contributed by atoms with Crippen LogP contribution in [-0.2, 0) is 39.8 Å². The maximum absolute atomic E-state index is 14.3. The number of aliphatic hydroxyl groups is 2. The minimum Gasteiger partial charge on any atom is -0.458 e. The van der Waals surface area contributed by atoms with Crippen molar-refractivity contribution in [2.75, 3.05) is 6.61 Å². The van der Waals surface area contributed by atoms with Crippen molar-refractivity contribution in [1.29, 1.82) is 0 Å². The fourth-order valence-corrected chi connectivity index (χ4v) is 9.78. The molecule has 5 unspecified atom stereocenters. The number of thiophene rings is 1. The zero-order valence-electron chi connectivity index (χ0n) is 28.0. The lowest BCUT2D eigenvalue weighted by Gasteiger charge is -2.77. The van der Waals surface area contributed by atoms with Crippen LogP contribution >= 0.6 is 11.3 Å². The molecule has 4 N–H and O–H groups in total. The van der Waals surface area contributed by atoms with Crippen molar-refractivity contribution >= 4 is 35.2 Å². The lowest BCUT2D eigenvalue weighted by atomic mass is 9.27. The van der Waals surface area contributed by atoms with Gasteiger partial charge in [0, 0.05) is 35.0 Å². The molecule has 8 atom stereocenters. The number of aryl methyl sites for hydroxylation is 1. The summed E-state index contributed by atoms with van der Waals surface area (Å²) in [6.07, 6.45) is 1.88. The molecule has 260 valence electrons. The molecule has 3 saturated carbocycles. The third-order valence-corrected chi connectivity index (χ3v) is 12.8. The zero-order valence-corrected chi connectivity index (χ0v) is 28.9. The molecule has 1 aromatic heterocycles. The number of Topliss-reactive ketones (excluding diaryl/α,β-unsaturated/α-hetero) is 1. The summed E-state index contributed by atoms with van der Waals surface area (Å²) in [6.45, 7) is 9.13. The number of aliphatic hydroxyl groups excluding tert-OH is 1. The van der Waals surface area contributed by atoms with Gasteiger partial charge in [0.25, 0.3) is 0 Å². The second-order valence-corrected chi connectivity index (χ2v) is 15.3. The number of amides is 1. The first-order chi connectivity index (χ1) is 22.1. The van der Waals surface area contributed by atoms with Crippen LogP contribution in [0.3, 0.4) is 0 Å². The van der Waals surface area contributed by atoms with Crippen LogP contribution in [0, 0.1) is 16.2 Å². The zero-order chi connectivity index (χ0) is 34.4. The quantitative estimate of drug-likeness (QED) is 0.212. The van der Waals surface area contributed by atoms with E-state index in [1.54, 1.807) is 32.1 Å². The molecular weight excluding hydrogens is 626 g/mol. The van der Waals surface area contributed by atoms with Crippen LogP contribution in [-0.4, -0.2) is 76.8 Å². The maximum Gasteiger partial charge on any atom is 0.404 e. The summed E-state index contributed by atoms with van der Waals surface area (Å²) < 4.78 is 22.6. The molecule has 0 bridgehead atoms. The van der Waals surface area contributed by atoms with E-state index >= 15 is 0 Å². The summed E-state index contributed by atoms with van der Waals surface area (Å²) >= 11 is 1.58. The van der Waals surface area contributed by atoms with Gasteiger partial charge in [-0.25, -0.2) is 4.79 Å². The largest absolute Gasteiger partial charge is 0.458 e. The van der Waals surface area contributed by atoms with Gasteiger partial charge < -0.3 is 34.9 Å².